The Morgan fingerprint density at radius 2 is 1.79 bits per heavy atom. The summed E-state index contributed by atoms with van der Waals surface area (Å²) in [5.74, 6) is -0.895. The average Bonchev–Trinajstić information content (AvgIpc) is 2.69. The van der Waals surface area contributed by atoms with Crippen LogP contribution in [0.1, 0.15) is 43.0 Å². The predicted octanol–water partition coefficient (Wildman–Crippen LogP) is 2.43. The van der Waals surface area contributed by atoms with Crippen molar-refractivity contribution in [3.8, 4) is 11.3 Å². The first-order valence-electron chi connectivity index (χ1n) is 9.43. The molecule has 1 heterocycles. The second-order valence-electron chi connectivity index (χ2n) is 7.15. The van der Waals surface area contributed by atoms with Crippen LogP contribution in [0.2, 0.25) is 0 Å². The molecule has 1 aromatic heterocycles. The summed E-state index contributed by atoms with van der Waals surface area (Å²) in [6.07, 6.45) is 3.49. The minimum atomic E-state index is -1.01. The quantitative estimate of drug-likeness (QED) is 0.737. The number of aliphatic hydroxyl groups excluding tert-OH is 1. The van der Waals surface area contributed by atoms with Crippen molar-refractivity contribution in [2.45, 2.75) is 50.8 Å². The topological polar surface area (TPSA) is 91.3 Å². The molecule has 6 nitrogen and oxygen atoms in total. The van der Waals surface area contributed by atoms with Crippen LogP contribution in [0.15, 0.2) is 42.6 Å². The van der Waals surface area contributed by atoms with Crippen LogP contribution in [-0.2, 0) is 4.79 Å². The van der Waals surface area contributed by atoms with Crippen molar-refractivity contribution >= 4 is 11.8 Å². The van der Waals surface area contributed by atoms with Crippen LogP contribution in [-0.4, -0.2) is 40.1 Å². The maximum absolute atomic E-state index is 13.3. The summed E-state index contributed by atoms with van der Waals surface area (Å²) in [7, 11) is 0. The van der Waals surface area contributed by atoms with Gasteiger partial charge in [0.1, 0.15) is 11.9 Å². The van der Waals surface area contributed by atoms with Crippen molar-refractivity contribution in [2.75, 3.05) is 0 Å². The summed E-state index contributed by atoms with van der Waals surface area (Å²) in [6.45, 7) is 1.44. The molecule has 2 aromatic rings. The molecule has 7 heteroatoms. The Hall–Kier alpha value is -2.80. The van der Waals surface area contributed by atoms with Crippen molar-refractivity contribution < 1.29 is 19.1 Å². The summed E-state index contributed by atoms with van der Waals surface area (Å²) in [6, 6.07) is 9.60. The Kier molecular flexibility index (Phi) is 6.36. The van der Waals surface area contributed by atoms with Crippen molar-refractivity contribution in [3.63, 3.8) is 0 Å². The lowest BCUT2D eigenvalue weighted by atomic mass is 9.91. The minimum absolute atomic E-state index is 0.0301. The van der Waals surface area contributed by atoms with Gasteiger partial charge in [-0.25, -0.2) is 4.39 Å². The predicted molar refractivity (Wildman–Crippen MR) is 103 cm³/mol. The number of halogens is 1. The molecule has 0 saturated heterocycles. The molecule has 1 aliphatic carbocycles. The fraction of sp³-hybridized carbons (Fsp3) is 0.381. The lowest BCUT2D eigenvalue weighted by Crippen LogP contribution is -2.45. The number of nitrogens with one attached hydrogen (secondary N) is 2. The highest BCUT2D eigenvalue weighted by Gasteiger charge is 2.24. The third-order valence-electron chi connectivity index (χ3n) is 4.93. The molecular weight excluding hydrogens is 361 g/mol. The first-order chi connectivity index (χ1) is 13.4. The van der Waals surface area contributed by atoms with E-state index in [9.17, 15) is 19.1 Å². The maximum atomic E-state index is 13.3. The summed E-state index contributed by atoms with van der Waals surface area (Å²) in [5.41, 5.74) is 1.71. The highest BCUT2D eigenvalue weighted by molar-refractivity contribution is 5.94. The van der Waals surface area contributed by atoms with Crippen molar-refractivity contribution in [3.05, 3.63) is 54.0 Å². The number of pyridine rings is 1. The van der Waals surface area contributed by atoms with Gasteiger partial charge in [0.2, 0.25) is 5.91 Å². The number of aromatic nitrogens is 1. The van der Waals surface area contributed by atoms with Gasteiger partial charge in [0.05, 0.1) is 11.3 Å². The van der Waals surface area contributed by atoms with Crippen LogP contribution in [0.4, 0.5) is 4.39 Å². The molecule has 0 bridgehead atoms. The minimum Gasteiger partial charge on any atom is -0.384 e. The molecule has 0 spiro atoms. The average molecular weight is 385 g/mol. The van der Waals surface area contributed by atoms with E-state index >= 15 is 0 Å². The molecule has 3 N–H and O–H groups in total. The van der Waals surface area contributed by atoms with Crippen LogP contribution < -0.4 is 10.6 Å². The van der Waals surface area contributed by atoms with Gasteiger partial charge in [-0.1, -0.05) is 12.1 Å². The summed E-state index contributed by atoms with van der Waals surface area (Å²) in [4.78, 5) is 28.3. The smallest absolute Gasteiger partial charge is 0.253 e. The van der Waals surface area contributed by atoms with Crippen molar-refractivity contribution in [1.82, 2.24) is 15.6 Å². The SMILES string of the molecule is CC(O)C(=O)NC1CCC(NC(=O)c2ccc(-c3cccc(F)c3)nc2)CC1. The molecule has 1 aromatic carbocycles. The van der Waals surface area contributed by atoms with E-state index in [-0.39, 0.29) is 29.7 Å². The zero-order valence-corrected chi connectivity index (χ0v) is 15.7. The van der Waals surface area contributed by atoms with Crippen LogP contribution in [0.3, 0.4) is 0 Å². The molecule has 3 rings (SSSR count). The summed E-state index contributed by atoms with van der Waals surface area (Å²) < 4.78 is 13.3. The lowest BCUT2D eigenvalue weighted by Gasteiger charge is -2.30. The number of carbonyl (C=O) groups is 2. The molecule has 2 amide bonds. The van der Waals surface area contributed by atoms with Gasteiger partial charge in [0, 0.05) is 23.8 Å². The first-order valence-corrected chi connectivity index (χ1v) is 9.43. The molecule has 28 heavy (non-hydrogen) atoms. The normalized spacial score (nSPS) is 20.2. The Balaban J connectivity index is 1.52. The van der Waals surface area contributed by atoms with Crippen LogP contribution in [0.25, 0.3) is 11.3 Å². The standard InChI is InChI=1S/C21H24FN3O3/c1-13(26)20(27)24-17-6-8-18(9-7-17)25-21(28)15-5-10-19(23-12-15)14-3-2-4-16(22)11-14/h2-5,10-13,17-18,26H,6-9H2,1H3,(H,24,27)(H,25,28). The fourth-order valence-electron chi connectivity index (χ4n) is 3.32. The van der Waals surface area contributed by atoms with Gasteiger partial charge in [-0.05, 0) is 56.9 Å². The molecule has 0 aliphatic heterocycles. The van der Waals surface area contributed by atoms with E-state index in [4.69, 9.17) is 0 Å². The van der Waals surface area contributed by atoms with E-state index in [2.05, 4.69) is 15.6 Å². The van der Waals surface area contributed by atoms with Gasteiger partial charge in [0.25, 0.3) is 5.91 Å². The number of hydrogen-bond acceptors (Lipinski definition) is 4. The zero-order valence-electron chi connectivity index (χ0n) is 15.7. The van der Waals surface area contributed by atoms with Gasteiger partial charge < -0.3 is 15.7 Å². The number of amides is 2. The van der Waals surface area contributed by atoms with Crippen LogP contribution in [0, 0.1) is 5.82 Å². The number of benzene rings is 1. The highest BCUT2D eigenvalue weighted by atomic mass is 19.1. The zero-order chi connectivity index (χ0) is 20.1. The summed E-state index contributed by atoms with van der Waals surface area (Å²) >= 11 is 0. The Labute approximate surface area is 163 Å². The third kappa shape index (κ3) is 5.13. The largest absolute Gasteiger partial charge is 0.384 e. The Bertz CT molecular complexity index is 831. The maximum Gasteiger partial charge on any atom is 0.253 e. The lowest BCUT2D eigenvalue weighted by molar-refractivity contribution is -0.129. The van der Waals surface area contributed by atoms with Gasteiger partial charge in [-0.3, -0.25) is 14.6 Å². The second kappa shape index (κ2) is 8.93. The van der Waals surface area contributed by atoms with Gasteiger partial charge in [-0.15, -0.1) is 0 Å². The van der Waals surface area contributed by atoms with Gasteiger partial charge in [-0.2, -0.15) is 0 Å². The highest BCUT2D eigenvalue weighted by Crippen LogP contribution is 2.20. The Morgan fingerprint density at radius 1 is 1.11 bits per heavy atom. The van der Waals surface area contributed by atoms with E-state index in [0.29, 0.717) is 16.8 Å². The van der Waals surface area contributed by atoms with Crippen LogP contribution in [0.5, 0.6) is 0 Å². The number of nitrogens with zero attached hydrogens (tertiary/aromatic N) is 1. The Morgan fingerprint density at radius 3 is 2.36 bits per heavy atom. The molecule has 1 atom stereocenters. The van der Waals surface area contributed by atoms with E-state index in [1.54, 1.807) is 24.3 Å². The van der Waals surface area contributed by atoms with E-state index in [0.717, 1.165) is 25.7 Å². The number of carbonyl (C=O) groups excluding carboxylic acids is 2. The number of aliphatic hydroxyl groups is 1. The molecule has 148 valence electrons. The van der Waals surface area contributed by atoms with E-state index < -0.39 is 6.10 Å². The number of rotatable bonds is 5. The fourth-order valence-corrected chi connectivity index (χ4v) is 3.32. The molecular formula is C21H24FN3O3. The molecule has 1 aliphatic rings. The van der Waals surface area contributed by atoms with Crippen molar-refractivity contribution in [1.29, 1.82) is 0 Å². The summed E-state index contributed by atoms with van der Waals surface area (Å²) in [5, 5.41) is 15.1. The van der Waals surface area contributed by atoms with E-state index in [1.807, 2.05) is 0 Å². The monoisotopic (exact) mass is 385 g/mol. The van der Waals surface area contributed by atoms with Crippen LogP contribution >= 0.6 is 0 Å². The molecule has 1 unspecified atom stereocenters. The third-order valence-corrected chi connectivity index (χ3v) is 4.93. The molecule has 0 radical (unpaired) electrons. The van der Waals surface area contributed by atoms with Crippen molar-refractivity contribution in [2.24, 2.45) is 0 Å². The molecule has 1 saturated carbocycles. The van der Waals surface area contributed by atoms with E-state index in [1.165, 1.54) is 25.3 Å². The van der Waals surface area contributed by atoms with Gasteiger partial charge >= 0.3 is 0 Å². The van der Waals surface area contributed by atoms with Gasteiger partial charge in [0.15, 0.2) is 0 Å². The second-order valence-corrected chi connectivity index (χ2v) is 7.15. The molecule has 1 fully saturated rings. The first kappa shape index (κ1) is 19.9. The number of hydrogen-bond donors (Lipinski definition) is 3.